The van der Waals surface area contributed by atoms with Crippen molar-refractivity contribution in [3.8, 4) is 0 Å². The summed E-state index contributed by atoms with van der Waals surface area (Å²) in [6, 6.07) is 10.8. The van der Waals surface area contributed by atoms with Crippen LogP contribution in [-0.2, 0) is 0 Å². The Hall–Kier alpha value is 0.0187. The van der Waals surface area contributed by atoms with Crippen molar-refractivity contribution in [3.05, 3.63) is 35.9 Å². The maximum atomic E-state index is 2.25. The molecule has 0 radical (unpaired) electrons. The maximum absolute atomic E-state index is 2.25. The Morgan fingerprint density at radius 1 is 1.27 bits per heavy atom. The van der Waals surface area contributed by atoms with E-state index in [2.05, 4.69) is 37.3 Å². The van der Waals surface area contributed by atoms with Crippen LogP contribution in [0.2, 0.25) is 0 Å². The van der Waals surface area contributed by atoms with Crippen LogP contribution in [0.15, 0.2) is 30.3 Å². The van der Waals surface area contributed by atoms with Gasteiger partial charge in [-0.05, 0) is 0 Å². The first-order chi connectivity index (χ1) is 5.34. The summed E-state index contributed by atoms with van der Waals surface area (Å²) in [4.78, 5) is 0. The van der Waals surface area contributed by atoms with Gasteiger partial charge in [0.15, 0.2) is 0 Å². The predicted octanol–water partition coefficient (Wildman–Crippen LogP) is 2.70. The zero-order valence-electron chi connectivity index (χ0n) is 6.88. The summed E-state index contributed by atoms with van der Waals surface area (Å²) >= 11 is 1.64. The van der Waals surface area contributed by atoms with Crippen molar-refractivity contribution < 1.29 is 0 Å². The van der Waals surface area contributed by atoms with E-state index >= 15 is 0 Å². The van der Waals surface area contributed by atoms with Gasteiger partial charge in [-0.1, -0.05) is 0 Å². The zero-order chi connectivity index (χ0) is 8.10. The molecule has 54 valence electrons. The fourth-order valence-corrected chi connectivity index (χ4v) is 2.51. The summed E-state index contributed by atoms with van der Waals surface area (Å²) in [6.07, 6.45) is 2.63. The van der Waals surface area contributed by atoms with Crippen molar-refractivity contribution in [1.29, 1.82) is 0 Å². The van der Waals surface area contributed by atoms with Crippen LogP contribution in [-0.4, -0.2) is 22.5 Å². The van der Waals surface area contributed by atoms with Crippen molar-refractivity contribution >= 4 is 22.5 Å². The van der Waals surface area contributed by atoms with Gasteiger partial charge >= 0.3 is 82.1 Å². The van der Waals surface area contributed by atoms with E-state index in [0.29, 0.717) is 0 Å². The zero-order valence-corrected chi connectivity index (χ0v) is 9.73. The van der Waals surface area contributed by atoms with Gasteiger partial charge in [-0.2, -0.15) is 0 Å². The third kappa shape index (κ3) is 2.86. The van der Waals surface area contributed by atoms with Gasteiger partial charge in [-0.3, -0.25) is 0 Å². The molecule has 0 heterocycles. The molecule has 11 heavy (non-hydrogen) atoms. The van der Waals surface area contributed by atoms with Crippen LogP contribution in [0, 0.1) is 0 Å². The van der Waals surface area contributed by atoms with Crippen molar-refractivity contribution in [2.75, 3.05) is 0 Å². The Kier molecular flexibility index (Phi) is 3.98. The Morgan fingerprint density at radius 3 is 2.45 bits per heavy atom. The van der Waals surface area contributed by atoms with E-state index in [9.17, 15) is 0 Å². The fraction of sp³-hybridized carbons (Fsp3) is 0.400. The summed E-state index contributed by atoms with van der Waals surface area (Å²) in [5.74, 6) is 0. The molecule has 0 amide bonds. The van der Waals surface area contributed by atoms with E-state index in [-0.39, 0.29) is 0 Å². The molecule has 0 aliphatic heterocycles. The van der Waals surface area contributed by atoms with E-state index in [1.54, 1.807) is 22.5 Å². The van der Waals surface area contributed by atoms with Crippen LogP contribution in [0.5, 0.6) is 0 Å². The van der Waals surface area contributed by atoms with Gasteiger partial charge in [0.25, 0.3) is 0 Å². The molecule has 0 aliphatic rings. The molecule has 1 aromatic carbocycles. The minimum absolute atomic E-state index is 0.813. The minimum atomic E-state index is 0.813. The Morgan fingerprint density at radius 2 is 1.91 bits per heavy atom. The summed E-state index contributed by atoms with van der Waals surface area (Å²) in [5, 5.41) is 0. The van der Waals surface area contributed by atoms with Crippen LogP contribution in [0.1, 0.15) is 29.3 Å². The molecule has 1 unspecified atom stereocenters. The van der Waals surface area contributed by atoms with Crippen LogP contribution in [0.25, 0.3) is 0 Å². The molecule has 1 atom stereocenters. The van der Waals surface area contributed by atoms with Crippen molar-refractivity contribution in [1.82, 2.24) is 0 Å². The van der Waals surface area contributed by atoms with Gasteiger partial charge in [0, 0.05) is 0 Å². The van der Waals surface area contributed by atoms with Crippen LogP contribution in [0.3, 0.4) is 0 Å². The molecule has 1 rings (SSSR count). The van der Waals surface area contributed by atoms with Gasteiger partial charge in [-0.15, -0.1) is 0 Å². The average molecular weight is 252 g/mol. The third-order valence-corrected chi connectivity index (χ3v) is 3.55. The molecule has 1 heteroatoms. The fourth-order valence-electron chi connectivity index (χ4n) is 1.14. The molecule has 0 aliphatic carbocycles. The third-order valence-electron chi connectivity index (χ3n) is 1.78. The SMILES string of the molecule is CCC[CH]([Sn+3])c1ccccc1. The number of rotatable bonds is 3. The summed E-state index contributed by atoms with van der Waals surface area (Å²) in [7, 11) is 0. The molecule has 0 nitrogen and oxygen atoms in total. The van der Waals surface area contributed by atoms with E-state index < -0.39 is 0 Å². The number of hydrogen-bond donors (Lipinski definition) is 0. The molecular formula is C10H13Sn+3. The van der Waals surface area contributed by atoms with Gasteiger partial charge in [-0.25, -0.2) is 0 Å². The molecule has 0 aromatic heterocycles. The molecule has 0 saturated heterocycles. The van der Waals surface area contributed by atoms with E-state index in [0.717, 1.165) is 3.93 Å². The van der Waals surface area contributed by atoms with E-state index in [1.807, 2.05) is 0 Å². The Balaban J connectivity index is 2.61. The first kappa shape index (κ1) is 9.11. The van der Waals surface area contributed by atoms with Crippen molar-refractivity contribution in [2.45, 2.75) is 23.7 Å². The topological polar surface area (TPSA) is 0 Å². The number of benzene rings is 1. The molecule has 0 N–H and O–H groups in total. The molecule has 1 aromatic rings. The molecule has 0 fully saturated rings. The van der Waals surface area contributed by atoms with Gasteiger partial charge in [0.05, 0.1) is 0 Å². The molecule has 0 saturated carbocycles. The first-order valence-corrected chi connectivity index (χ1v) is 5.75. The Bertz CT molecular complexity index is 193. The average Bonchev–Trinajstić information content (AvgIpc) is 2.07. The first-order valence-electron chi connectivity index (χ1n) is 4.10. The monoisotopic (exact) mass is 253 g/mol. The molecular weight excluding hydrogens is 239 g/mol. The Labute approximate surface area is 82.1 Å². The summed E-state index contributed by atoms with van der Waals surface area (Å²) in [5.41, 5.74) is 1.51. The normalized spacial score (nSPS) is 13.0. The van der Waals surface area contributed by atoms with E-state index in [4.69, 9.17) is 0 Å². The molecule has 0 bridgehead atoms. The predicted molar refractivity (Wildman–Crippen MR) is 49.8 cm³/mol. The number of hydrogen-bond acceptors (Lipinski definition) is 0. The van der Waals surface area contributed by atoms with Crippen molar-refractivity contribution in [2.24, 2.45) is 0 Å². The van der Waals surface area contributed by atoms with E-state index in [1.165, 1.54) is 18.4 Å². The van der Waals surface area contributed by atoms with Crippen molar-refractivity contribution in [3.63, 3.8) is 0 Å². The van der Waals surface area contributed by atoms with Gasteiger partial charge in [0.1, 0.15) is 0 Å². The van der Waals surface area contributed by atoms with Crippen LogP contribution in [0.4, 0.5) is 0 Å². The second-order valence-electron chi connectivity index (χ2n) is 2.75. The standard InChI is InChI=1S/C10H13.Sn/c1-2-3-7-10-8-5-4-6-9-10;/h4-9H,2-3H2,1H3;/q;+3. The second-order valence-corrected chi connectivity index (χ2v) is 4.74. The molecule has 0 spiro atoms. The van der Waals surface area contributed by atoms with Crippen LogP contribution >= 0.6 is 0 Å². The van der Waals surface area contributed by atoms with Gasteiger partial charge < -0.3 is 0 Å². The summed E-state index contributed by atoms with van der Waals surface area (Å²) < 4.78 is 0.813. The second kappa shape index (κ2) is 4.81. The quantitative estimate of drug-likeness (QED) is 0.725. The van der Waals surface area contributed by atoms with Gasteiger partial charge in [0.2, 0.25) is 0 Å². The van der Waals surface area contributed by atoms with Crippen LogP contribution < -0.4 is 0 Å². The summed E-state index contributed by atoms with van der Waals surface area (Å²) in [6.45, 7) is 2.25.